The Hall–Kier alpha value is -1.55. The topological polar surface area (TPSA) is 29.9 Å². The van der Waals surface area contributed by atoms with Crippen molar-refractivity contribution >= 4 is 21.9 Å². The fourth-order valence-corrected chi connectivity index (χ4v) is 2.00. The Morgan fingerprint density at radius 1 is 1.53 bits per heavy atom. The van der Waals surface area contributed by atoms with E-state index in [-0.39, 0.29) is 0 Å². The fraction of sp³-hybridized carbons (Fsp3) is 0.154. The first-order chi connectivity index (χ1) is 8.20. The lowest BCUT2D eigenvalue weighted by atomic mass is 10.3. The molecule has 0 aliphatic carbocycles. The third-order valence-corrected chi connectivity index (χ3v) is 2.81. The molecule has 88 valence electrons. The van der Waals surface area contributed by atoms with Gasteiger partial charge in [-0.1, -0.05) is 28.1 Å². The first kappa shape index (κ1) is 11.9. The quantitative estimate of drug-likeness (QED) is 0.873. The van der Waals surface area contributed by atoms with Gasteiger partial charge in [0.1, 0.15) is 0 Å². The van der Waals surface area contributed by atoms with Crippen LogP contribution >= 0.6 is 15.9 Å². The second-order valence-corrected chi connectivity index (χ2v) is 4.64. The van der Waals surface area contributed by atoms with E-state index in [4.69, 9.17) is 0 Å². The lowest BCUT2D eigenvalue weighted by Gasteiger charge is -2.08. The lowest BCUT2D eigenvalue weighted by molar-refractivity contribution is 1.04. The zero-order valence-corrected chi connectivity index (χ0v) is 11.2. The molecule has 0 aliphatic heterocycles. The minimum absolute atomic E-state index is 0.699. The summed E-state index contributed by atoms with van der Waals surface area (Å²) in [4.78, 5) is 4.44. The van der Waals surface area contributed by atoms with E-state index in [0.29, 0.717) is 6.54 Å². The van der Waals surface area contributed by atoms with E-state index in [1.807, 2.05) is 42.0 Å². The second kappa shape index (κ2) is 5.19. The summed E-state index contributed by atoms with van der Waals surface area (Å²) < 4.78 is 3.08. The number of imidazole rings is 1. The van der Waals surface area contributed by atoms with Gasteiger partial charge in [0.05, 0.1) is 5.69 Å². The minimum atomic E-state index is 0.699. The van der Waals surface area contributed by atoms with Gasteiger partial charge >= 0.3 is 0 Å². The largest absolute Gasteiger partial charge is 0.352 e. The van der Waals surface area contributed by atoms with Gasteiger partial charge in [0.15, 0.2) is 0 Å². The van der Waals surface area contributed by atoms with Crippen LogP contribution in [0.25, 0.3) is 5.69 Å². The van der Waals surface area contributed by atoms with Crippen LogP contribution in [-0.2, 0) is 0 Å². The molecule has 1 heterocycles. The summed E-state index contributed by atoms with van der Waals surface area (Å²) in [7, 11) is 0. The van der Waals surface area contributed by atoms with Crippen molar-refractivity contribution in [3.05, 3.63) is 53.3 Å². The predicted molar refractivity (Wildman–Crippen MR) is 74.7 cm³/mol. The van der Waals surface area contributed by atoms with Gasteiger partial charge in [-0.05, 0) is 25.1 Å². The Balaban J connectivity index is 2.40. The van der Waals surface area contributed by atoms with Crippen molar-refractivity contribution in [3.8, 4) is 5.69 Å². The molecule has 17 heavy (non-hydrogen) atoms. The summed E-state index contributed by atoms with van der Waals surface area (Å²) in [6, 6.07) is 8.11. The number of anilines is 1. The smallest absolute Gasteiger partial charge is 0.207 e. The Bertz CT molecular complexity index is 531. The molecule has 2 rings (SSSR count). The number of nitrogens with zero attached hydrogens (tertiary/aromatic N) is 2. The molecule has 0 saturated heterocycles. The average molecular weight is 292 g/mol. The first-order valence-corrected chi connectivity index (χ1v) is 6.16. The zero-order valence-electron chi connectivity index (χ0n) is 9.65. The van der Waals surface area contributed by atoms with Gasteiger partial charge in [-0.3, -0.25) is 4.57 Å². The SMILES string of the molecule is C=CCNc1nc(C)cn1-c1cccc(Br)c1. The first-order valence-electron chi connectivity index (χ1n) is 5.37. The number of nitrogens with one attached hydrogen (secondary N) is 1. The number of hydrogen-bond acceptors (Lipinski definition) is 2. The van der Waals surface area contributed by atoms with E-state index in [9.17, 15) is 0 Å². The van der Waals surface area contributed by atoms with Crippen LogP contribution in [0.1, 0.15) is 5.69 Å². The minimum Gasteiger partial charge on any atom is -0.352 e. The van der Waals surface area contributed by atoms with E-state index < -0.39 is 0 Å². The summed E-state index contributed by atoms with van der Waals surface area (Å²) in [6.07, 6.45) is 3.82. The van der Waals surface area contributed by atoms with Gasteiger partial charge in [-0.25, -0.2) is 4.98 Å². The number of rotatable bonds is 4. The molecule has 1 aromatic heterocycles. The van der Waals surface area contributed by atoms with E-state index in [0.717, 1.165) is 21.8 Å². The van der Waals surface area contributed by atoms with Crippen LogP contribution in [0.4, 0.5) is 5.95 Å². The van der Waals surface area contributed by atoms with Gasteiger partial charge in [0, 0.05) is 22.9 Å². The molecule has 0 fully saturated rings. The summed E-state index contributed by atoms with van der Waals surface area (Å²) in [6.45, 7) is 6.37. The highest BCUT2D eigenvalue weighted by atomic mass is 79.9. The summed E-state index contributed by atoms with van der Waals surface area (Å²) in [5.74, 6) is 0.834. The highest BCUT2D eigenvalue weighted by Crippen LogP contribution is 2.20. The molecule has 0 bridgehead atoms. The molecular weight excluding hydrogens is 278 g/mol. The van der Waals surface area contributed by atoms with Crippen LogP contribution in [-0.4, -0.2) is 16.1 Å². The van der Waals surface area contributed by atoms with Crippen LogP contribution in [0.5, 0.6) is 0 Å². The van der Waals surface area contributed by atoms with Gasteiger partial charge in [0.25, 0.3) is 0 Å². The van der Waals surface area contributed by atoms with Gasteiger partial charge in [0.2, 0.25) is 5.95 Å². The number of hydrogen-bond donors (Lipinski definition) is 1. The van der Waals surface area contributed by atoms with Crippen LogP contribution < -0.4 is 5.32 Å². The van der Waals surface area contributed by atoms with Crippen LogP contribution in [0.2, 0.25) is 0 Å². The molecule has 0 unspecified atom stereocenters. The Morgan fingerprint density at radius 3 is 3.06 bits per heavy atom. The van der Waals surface area contributed by atoms with Crippen molar-refractivity contribution in [2.45, 2.75) is 6.92 Å². The summed E-state index contributed by atoms with van der Waals surface area (Å²) in [5.41, 5.74) is 2.06. The normalized spacial score (nSPS) is 10.2. The monoisotopic (exact) mass is 291 g/mol. The molecule has 0 atom stereocenters. The van der Waals surface area contributed by atoms with E-state index in [1.54, 1.807) is 0 Å². The standard InChI is InChI=1S/C13H14BrN3/c1-3-7-15-13-16-10(2)9-17(13)12-6-4-5-11(14)8-12/h3-6,8-9H,1,7H2,2H3,(H,15,16). The maximum Gasteiger partial charge on any atom is 0.207 e. The van der Waals surface area contributed by atoms with Gasteiger partial charge < -0.3 is 5.32 Å². The van der Waals surface area contributed by atoms with Gasteiger partial charge in [-0.15, -0.1) is 6.58 Å². The number of halogens is 1. The number of aryl methyl sites for hydroxylation is 1. The van der Waals surface area contributed by atoms with Crippen molar-refractivity contribution in [1.82, 2.24) is 9.55 Å². The fourth-order valence-electron chi connectivity index (χ4n) is 1.61. The van der Waals surface area contributed by atoms with Crippen molar-refractivity contribution < 1.29 is 0 Å². The maximum absolute atomic E-state index is 4.44. The molecule has 3 nitrogen and oxygen atoms in total. The van der Waals surface area contributed by atoms with Crippen molar-refractivity contribution in [2.24, 2.45) is 0 Å². The maximum atomic E-state index is 4.44. The number of benzene rings is 1. The van der Waals surface area contributed by atoms with Crippen LogP contribution in [0.15, 0.2) is 47.6 Å². The Morgan fingerprint density at radius 2 is 2.35 bits per heavy atom. The molecule has 4 heteroatoms. The van der Waals surface area contributed by atoms with Crippen LogP contribution in [0, 0.1) is 6.92 Å². The second-order valence-electron chi connectivity index (χ2n) is 3.73. The highest BCUT2D eigenvalue weighted by molar-refractivity contribution is 9.10. The summed E-state index contributed by atoms with van der Waals surface area (Å²) >= 11 is 3.47. The van der Waals surface area contributed by atoms with E-state index in [1.165, 1.54) is 0 Å². The third kappa shape index (κ3) is 2.77. The predicted octanol–water partition coefficient (Wildman–Crippen LogP) is 3.54. The molecule has 0 radical (unpaired) electrons. The molecule has 0 spiro atoms. The Labute approximate surface area is 109 Å². The van der Waals surface area contributed by atoms with E-state index in [2.05, 4.69) is 38.9 Å². The van der Waals surface area contributed by atoms with E-state index >= 15 is 0 Å². The molecule has 0 saturated carbocycles. The molecule has 0 aliphatic rings. The average Bonchev–Trinajstić information content (AvgIpc) is 2.68. The molecule has 1 aromatic carbocycles. The van der Waals surface area contributed by atoms with Crippen LogP contribution in [0.3, 0.4) is 0 Å². The van der Waals surface area contributed by atoms with Gasteiger partial charge in [-0.2, -0.15) is 0 Å². The zero-order chi connectivity index (χ0) is 12.3. The summed E-state index contributed by atoms with van der Waals surface area (Å²) in [5, 5.41) is 3.22. The van der Waals surface area contributed by atoms with Crippen molar-refractivity contribution in [1.29, 1.82) is 0 Å². The van der Waals surface area contributed by atoms with Crippen molar-refractivity contribution in [3.63, 3.8) is 0 Å². The lowest BCUT2D eigenvalue weighted by Crippen LogP contribution is -2.05. The number of aromatic nitrogens is 2. The van der Waals surface area contributed by atoms with Crippen molar-refractivity contribution in [2.75, 3.05) is 11.9 Å². The molecule has 1 N–H and O–H groups in total. The molecular formula is C13H14BrN3. The highest BCUT2D eigenvalue weighted by Gasteiger charge is 2.06. The molecule has 0 amide bonds. The third-order valence-electron chi connectivity index (χ3n) is 2.32. The molecule has 2 aromatic rings. The Kier molecular flexibility index (Phi) is 3.64.